The molecule has 1 aromatic rings. The highest BCUT2D eigenvalue weighted by Crippen LogP contribution is 2.23. The highest BCUT2D eigenvalue weighted by atomic mass is 16.3. The van der Waals surface area contributed by atoms with Gasteiger partial charge in [0.25, 0.3) is 0 Å². The second kappa shape index (κ2) is 6.92. The van der Waals surface area contributed by atoms with Crippen molar-refractivity contribution in [3.8, 4) is 6.07 Å². The fourth-order valence-electron chi connectivity index (χ4n) is 2.49. The number of hydrogen-bond acceptors (Lipinski definition) is 3. The monoisotopic (exact) mass is 273 g/mol. The van der Waals surface area contributed by atoms with E-state index in [0.717, 1.165) is 25.7 Å². The number of aliphatic hydroxyl groups excluding tert-OH is 1. The Labute approximate surface area is 118 Å². The SMILES string of the molecule is N#Cc1ccc(NC(=O)NCC2CCCC(O)C2)cc1. The molecule has 1 aromatic carbocycles. The molecule has 0 heterocycles. The first-order chi connectivity index (χ1) is 9.67. The molecule has 1 aliphatic carbocycles. The molecular formula is C15H19N3O2. The minimum Gasteiger partial charge on any atom is -0.393 e. The summed E-state index contributed by atoms with van der Waals surface area (Å²) < 4.78 is 0. The predicted molar refractivity (Wildman–Crippen MR) is 76.1 cm³/mol. The lowest BCUT2D eigenvalue weighted by Crippen LogP contribution is -2.35. The molecule has 0 radical (unpaired) electrons. The number of aliphatic hydroxyl groups is 1. The maximum atomic E-state index is 11.7. The van der Waals surface area contributed by atoms with Crippen molar-refractivity contribution < 1.29 is 9.90 Å². The highest BCUT2D eigenvalue weighted by molar-refractivity contribution is 5.89. The Kier molecular flexibility index (Phi) is 4.97. The van der Waals surface area contributed by atoms with E-state index in [-0.39, 0.29) is 12.1 Å². The molecule has 0 bridgehead atoms. The van der Waals surface area contributed by atoms with E-state index in [1.54, 1.807) is 24.3 Å². The number of rotatable bonds is 3. The van der Waals surface area contributed by atoms with E-state index in [4.69, 9.17) is 5.26 Å². The molecular weight excluding hydrogens is 254 g/mol. The molecule has 3 N–H and O–H groups in total. The van der Waals surface area contributed by atoms with Gasteiger partial charge in [-0.2, -0.15) is 5.26 Å². The van der Waals surface area contributed by atoms with E-state index in [9.17, 15) is 9.90 Å². The summed E-state index contributed by atoms with van der Waals surface area (Å²) in [5.41, 5.74) is 1.22. The summed E-state index contributed by atoms with van der Waals surface area (Å²) in [6.45, 7) is 0.583. The number of nitrogens with zero attached hydrogens (tertiary/aromatic N) is 1. The number of benzene rings is 1. The Morgan fingerprint density at radius 2 is 2.10 bits per heavy atom. The van der Waals surface area contributed by atoms with E-state index < -0.39 is 0 Å². The molecule has 5 heteroatoms. The molecule has 1 aliphatic rings. The van der Waals surface area contributed by atoms with E-state index in [1.165, 1.54) is 0 Å². The quantitative estimate of drug-likeness (QED) is 0.789. The molecule has 2 rings (SSSR count). The number of hydrogen-bond donors (Lipinski definition) is 3. The van der Waals surface area contributed by atoms with E-state index in [1.807, 2.05) is 6.07 Å². The van der Waals surface area contributed by atoms with Gasteiger partial charge in [0.15, 0.2) is 0 Å². The number of nitrogens with one attached hydrogen (secondary N) is 2. The normalized spacial score (nSPS) is 21.8. The van der Waals surface area contributed by atoms with Crippen LogP contribution in [0.1, 0.15) is 31.2 Å². The van der Waals surface area contributed by atoms with Crippen molar-refractivity contribution in [2.75, 3.05) is 11.9 Å². The maximum Gasteiger partial charge on any atom is 0.319 e. The van der Waals surface area contributed by atoms with E-state index >= 15 is 0 Å². The largest absolute Gasteiger partial charge is 0.393 e. The number of anilines is 1. The lowest BCUT2D eigenvalue weighted by Gasteiger charge is -2.25. The van der Waals surface area contributed by atoms with Gasteiger partial charge in [0.05, 0.1) is 17.7 Å². The molecule has 0 spiro atoms. The van der Waals surface area contributed by atoms with E-state index in [0.29, 0.717) is 23.7 Å². The van der Waals surface area contributed by atoms with Gasteiger partial charge >= 0.3 is 6.03 Å². The zero-order valence-corrected chi connectivity index (χ0v) is 11.3. The molecule has 2 atom stereocenters. The average Bonchev–Trinajstić information content (AvgIpc) is 2.46. The van der Waals surface area contributed by atoms with Gasteiger partial charge < -0.3 is 15.7 Å². The van der Waals surface area contributed by atoms with Crippen molar-refractivity contribution in [2.45, 2.75) is 31.8 Å². The van der Waals surface area contributed by atoms with Gasteiger partial charge in [-0.1, -0.05) is 6.42 Å². The van der Waals surface area contributed by atoms with Crippen molar-refractivity contribution >= 4 is 11.7 Å². The van der Waals surface area contributed by atoms with Gasteiger partial charge in [-0.25, -0.2) is 4.79 Å². The summed E-state index contributed by atoms with van der Waals surface area (Å²) in [4.78, 5) is 11.7. The zero-order valence-electron chi connectivity index (χ0n) is 11.3. The van der Waals surface area contributed by atoms with Gasteiger partial charge in [-0.15, -0.1) is 0 Å². The number of nitriles is 1. The topological polar surface area (TPSA) is 85.2 Å². The fourth-order valence-corrected chi connectivity index (χ4v) is 2.49. The predicted octanol–water partition coefficient (Wildman–Crippen LogP) is 2.23. The van der Waals surface area contributed by atoms with Gasteiger partial charge in [0, 0.05) is 12.2 Å². The first-order valence-corrected chi connectivity index (χ1v) is 6.90. The van der Waals surface area contributed by atoms with Crippen molar-refractivity contribution in [2.24, 2.45) is 5.92 Å². The van der Waals surface area contributed by atoms with Crippen LogP contribution in [0.2, 0.25) is 0 Å². The minimum atomic E-state index is -0.255. The first kappa shape index (κ1) is 14.4. The van der Waals surface area contributed by atoms with Crippen LogP contribution >= 0.6 is 0 Å². The highest BCUT2D eigenvalue weighted by Gasteiger charge is 2.20. The van der Waals surface area contributed by atoms with Crippen molar-refractivity contribution in [1.29, 1.82) is 5.26 Å². The third-order valence-corrected chi connectivity index (χ3v) is 3.58. The van der Waals surface area contributed by atoms with Crippen LogP contribution in [0.5, 0.6) is 0 Å². The standard InChI is InChI=1S/C15H19N3O2/c16-9-11-4-6-13(7-5-11)18-15(20)17-10-12-2-1-3-14(19)8-12/h4-7,12,14,19H,1-3,8,10H2,(H2,17,18,20). The second-order valence-corrected chi connectivity index (χ2v) is 5.21. The Morgan fingerprint density at radius 3 is 2.75 bits per heavy atom. The molecule has 1 fully saturated rings. The van der Waals surface area contributed by atoms with Crippen LogP contribution in [-0.4, -0.2) is 23.8 Å². The zero-order chi connectivity index (χ0) is 14.4. The van der Waals surface area contributed by atoms with Crippen LogP contribution in [0.3, 0.4) is 0 Å². The molecule has 2 unspecified atom stereocenters. The van der Waals surface area contributed by atoms with Crippen LogP contribution in [0, 0.1) is 17.2 Å². The van der Waals surface area contributed by atoms with Gasteiger partial charge in [0.1, 0.15) is 0 Å². The number of urea groups is 1. The van der Waals surface area contributed by atoms with Crippen molar-refractivity contribution in [3.63, 3.8) is 0 Å². The van der Waals surface area contributed by atoms with Crippen LogP contribution < -0.4 is 10.6 Å². The van der Waals surface area contributed by atoms with Crippen LogP contribution in [0.25, 0.3) is 0 Å². The first-order valence-electron chi connectivity index (χ1n) is 6.90. The van der Waals surface area contributed by atoms with Crippen LogP contribution in [0.15, 0.2) is 24.3 Å². The molecule has 0 saturated heterocycles. The molecule has 2 amide bonds. The third-order valence-electron chi connectivity index (χ3n) is 3.58. The summed E-state index contributed by atoms with van der Waals surface area (Å²) in [6.07, 6.45) is 3.47. The molecule has 1 saturated carbocycles. The summed E-state index contributed by atoms with van der Waals surface area (Å²) in [5, 5.41) is 23.8. The summed E-state index contributed by atoms with van der Waals surface area (Å²) in [7, 11) is 0. The van der Waals surface area contributed by atoms with Gasteiger partial charge in [-0.05, 0) is 49.4 Å². The third kappa shape index (κ3) is 4.25. The molecule has 0 aliphatic heterocycles. The molecule has 5 nitrogen and oxygen atoms in total. The Morgan fingerprint density at radius 1 is 1.35 bits per heavy atom. The summed E-state index contributed by atoms with van der Waals surface area (Å²) in [5.74, 6) is 0.352. The maximum absolute atomic E-state index is 11.7. The van der Waals surface area contributed by atoms with E-state index in [2.05, 4.69) is 10.6 Å². The number of amides is 2. The lowest BCUT2D eigenvalue weighted by molar-refractivity contribution is 0.101. The number of carbonyl (C=O) groups excluding carboxylic acids is 1. The van der Waals surface area contributed by atoms with Gasteiger partial charge in [0.2, 0.25) is 0 Å². The lowest BCUT2D eigenvalue weighted by atomic mass is 9.87. The smallest absolute Gasteiger partial charge is 0.319 e. The van der Waals surface area contributed by atoms with Gasteiger partial charge in [-0.3, -0.25) is 0 Å². The fraction of sp³-hybridized carbons (Fsp3) is 0.467. The van der Waals surface area contributed by atoms with Crippen LogP contribution in [0.4, 0.5) is 10.5 Å². The van der Waals surface area contributed by atoms with Crippen LogP contribution in [-0.2, 0) is 0 Å². The Balaban J connectivity index is 1.76. The molecule has 106 valence electrons. The van der Waals surface area contributed by atoms with Crippen molar-refractivity contribution in [1.82, 2.24) is 5.32 Å². The summed E-state index contributed by atoms with van der Waals surface area (Å²) >= 11 is 0. The second-order valence-electron chi connectivity index (χ2n) is 5.21. The number of carbonyl (C=O) groups is 1. The Bertz CT molecular complexity index is 493. The Hall–Kier alpha value is -2.06. The minimum absolute atomic E-state index is 0.225. The molecule has 0 aromatic heterocycles. The molecule has 20 heavy (non-hydrogen) atoms. The average molecular weight is 273 g/mol. The van der Waals surface area contributed by atoms with Crippen molar-refractivity contribution in [3.05, 3.63) is 29.8 Å². The summed E-state index contributed by atoms with van der Waals surface area (Å²) in [6, 6.07) is 8.49.